The molecule has 2 heteroatoms. The molecule has 2 nitrogen and oxygen atoms in total. The van der Waals surface area contributed by atoms with E-state index in [1.54, 1.807) is 11.1 Å². The van der Waals surface area contributed by atoms with E-state index in [4.69, 9.17) is 5.73 Å². The second-order valence-electron chi connectivity index (χ2n) is 5.72. The predicted octanol–water partition coefficient (Wildman–Crippen LogP) is 3.44. The van der Waals surface area contributed by atoms with E-state index in [2.05, 4.69) is 42.3 Å². The summed E-state index contributed by atoms with van der Waals surface area (Å²) >= 11 is 0. The summed E-state index contributed by atoms with van der Waals surface area (Å²) in [6.45, 7) is 1.03. The summed E-state index contributed by atoms with van der Waals surface area (Å²) in [4.78, 5) is 2.28. The van der Waals surface area contributed by atoms with Gasteiger partial charge in [0.25, 0.3) is 0 Å². The predicted molar refractivity (Wildman–Crippen MR) is 86.3 cm³/mol. The third-order valence-corrected chi connectivity index (χ3v) is 4.23. The molecule has 0 aromatic heterocycles. The molecule has 0 saturated carbocycles. The molecule has 0 amide bonds. The molecule has 1 aliphatic carbocycles. The molecule has 1 aliphatic rings. The van der Waals surface area contributed by atoms with E-state index in [9.17, 15) is 0 Å². The molecule has 0 fully saturated rings. The fourth-order valence-electron chi connectivity index (χ4n) is 2.94. The highest BCUT2D eigenvalue weighted by molar-refractivity contribution is 5.52. The zero-order valence-electron chi connectivity index (χ0n) is 12.1. The lowest BCUT2D eigenvalue weighted by atomic mass is 10.0. The minimum absolute atomic E-state index is 0.820. The monoisotopic (exact) mass is 266 g/mol. The molecular formula is C18H22N2. The third-order valence-electron chi connectivity index (χ3n) is 4.23. The maximum Gasteiger partial charge on any atom is 0.0365 e. The third kappa shape index (κ3) is 2.79. The molecule has 0 aliphatic heterocycles. The molecule has 0 unspecified atom stereocenters. The average Bonchev–Trinajstić information content (AvgIpc) is 2.93. The van der Waals surface area contributed by atoms with Crippen LogP contribution < -0.4 is 10.6 Å². The van der Waals surface area contributed by atoms with Crippen molar-refractivity contribution >= 4 is 11.4 Å². The summed E-state index contributed by atoms with van der Waals surface area (Å²) in [5, 5.41) is 0. The number of fused-ring (bicyclic) bond motifs is 1. The van der Waals surface area contributed by atoms with Crippen molar-refractivity contribution in [1.29, 1.82) is 0 Å². The van der Waals surface area contributed by atoms with Gasteiger partial charge in [-0.3, -0.25) is 0 Å². The Labute approximate surface area is 121 Å². The highest BCUT2D eigenvalue weighted by Crippen LogP contribution is 2.23. The van der Waals surface area contributed by atoms with Crippen molar-refractivity contribution in [2.75, 3.05) is 24.2 Å². The van der Waals surface area contributed by atoms with Crippen LogP contribution >= 0.6 is 0 Å². The second-order valence-corrected chi connectivity index (χ2v) is 5.72. The number of nitrogens with zero attached hydrogens (tertiary/aromatic N) is 1. The van der Waals surface area contributed by atoms with E-state index >= 15 is 0 Å². The maximum absolute atomic E-state index is 5.73. The fourth-order valence-corrected chi connectivity index (χ4v) is 2.94. The van der Waals surface area contributed by atoms with Crippen LogP contribution in [0.1, 0.15) is 23.1 Å². The van der Waals surface area contributed by atoms with E-state index in [0.717, 1.165) is 18.7 Å². The Kier molecular flexibility index (Phi) is 3.64. The molecule has 0 heterocycles. The van der Waals surface area contributed by atoms with Crippen molar-refractivity contribution in [3.05, 3.63) is 59.2 Å². The van der Waals surface area contributed by atoms with Gasteiger partial charge in [-0.1, -0.05) is 18.2 Å². The SMILES string of the molecule is CN(CCc1ccc2c(c1)CCC2)c1ccc(N)cc1. The zero-order chi connectivity index (χ0) is 13.9. The van der Waals surface area contributed by atoms with E-state index in [1.807, 2.05) is 12.1 Å². The molecule has 0 spiro atoms. The van der Waals surface area contributed by atoms with Crippen LogP contribution in [0.25, 0.3) is 0 Å². The maximum atomic E-state index is 5.73. The van der Waals surface area contributed by atoms with Crippen molar-refractivity contribution in [3.8, 4) is 0 Å². The topological polar surface area (TPSA) is 29.3 Å². The minimum atomic E-state index is 0.820. The number of hydrogen-bond donors (Lipinski definition) is 1. The van der Waals surface area contributed by atoms with Crippen LogP contribution in [0.5, 0.6) is 0 Å². The minimum Gasteiger partial charge on any atom is -0.399 e. The van der Waals surface area contributed by atoms with Crippen LogP contribution in [-0.2, 0) is 19.3 Å². The van der Waals surface area contributed by atoms with Crippen molar-refractivity contribution < 1.29 is 0 Å². The van der Waals surface area contributed by atoms with Crippen LogP contribution in [0.4, 0.5) is 11.4 Å². The zero-order valence-corrected chi connectivity index (χ0v) is 12.1. The number of rotatable bonds is 4. The first-order chi connectivity index (χ1) is 9.72. The summed E-state index contributed by atoms with van der Waals surface area (Å²) in [7, 11) is 2.14. The van der Waals surface area contributed by atoms with Crippen LogP contribution in [0, 0.1) is 0 Å². The van der Waals surface area contributed by atoms with Gasteiger partial charge in [0.1, 0.15) is 0 Å². The molecule has 0 atom stereocenters. The average molecular weight is 266 g/mol. The lowest BCUT2D eigenvalue weighted by molar-refractivity contribution is 0.874. The summed E-state index contributed by atoms with van der Waals surface area (Å²) < 4.78 is 0. The first-order valence-corrected chi connectivity index (χ1v) is 7.40. The number of aryl methyl sites for hydroxylation is 2. The van der Waals surface area contributed by atoms with Crippen LogP contribution in [-0.4, -0.2) is 13.6 Å². The molecule has 104 valence electrons. The number of likely N-dealkylation sites (N-methyl/N-ethyl adjacent to an activating group) is 1. The van der Waals surface area contributed by atoms with Gasteiger partial charge in [0, 0.05) is 25.0 Å². The molecule has 20 heavy (non-hydrogen) atoms. The Balaban J connectivity index is 1.63. The molecule has 0 saturated heterocycles. The molecular weight excluding hydrogens is 244 g/mol. The van der Waals surface area contributed by atoms with E-state index in [0.29, 0.717) is 0 Å². The van der Waals surface area contributed by atoms with Crippen molar-refractivity contribution in [2.45, 2.75) is 25.7 Å². The Hall–Kier alpha value is -1.96. The van der Waals surface area contributed by atoms with Gasteiger partial charge in [0.2, 0.25) is 0 Å². The number of nitrogens with two attached hydrogens (primary N) is 1. The van der Waals surface area contributed by atoms with Gasteiger partial charge in [-0.05, 0) is 66.6 Å². The summed E-state index contributed by atoms with van der Waals surface area (Å²) in [6, 6.07) is 15.1. The summed E-state index contributed by atoms with van der Waals surface area (Å²) in [5.74, 6) is 0. The second kappa shape index (κ2) is 5.58. The highest BCUT2D eigenvalue weighted by Gasteiger charge is 2.11. The van der Waals surface area contributed by atoms with Gasteiger partial charge < -0.3 is 10.6 Å². The van der Waals surface area contributed by atoms with Crippen molar-refractivity contribution in [2.24, 2.45) is 0 Å². The Morgan fingerprint density at radius 3 is 2.55 bits per heavy atom. The summed E-state index contributed by atoms with van der Waals surface area (Å²) in [5.41, 5.74) is 12.3. The lowest BCUT2D eigenvalue weighted by Crippen LogP contribution is -2.20. The Bertz CT molecular complexity index is 587. The molecule has 0 bridgehead atoms. The Morgan fingerprint density at radius 1 is 1.00 bits per heavy atom. The standard InChI is InChI=1S/C18H22N2/c1-20(18-9-7-17(19)8-10-18)12-11-14-5-6-15-3-2-4-16(15)13-14/h5-10,13H,2-4,11-12,19H2,1H3. The highest BCUT2D eigenvalue weighted by atomic mass is 15.1. The number of hydrogen-bond acceptors (Lipinski definition) is 2. The van der Waals surface area contributed by atoms with Crippen molar-refractivity contribution in [1.82, 2.24) is 0 Å². The quantitative estimate of drug-likeness (QED) is 0.859. The van der Waals surface area contributed by atoms with E-state index in [-0.39, 0.29) is 0 Å². The number of anilines is 2. The molecule has 2 N–H and O–H groups in total. The first kappa shape index (κ1) is 13.0. The normalized spacial score (nSPS) is 13.2. The van der Waals surface area contributed by atoms with Crippen LogP contribution in [0.3, 0.4) is 0 Å². The molecule has 2 aromatic rings. The van der Waals surface area contributed by atoms with Gasteiger partial charge in [0.15, 0.2) is 0 Å². The van der Waals surface area contributed by atoms with Crippen LogP contribution in [0.2, 0.25) is 0 Å². The Morgan fingerprint density at radius 2 is 1.75 bits per heavy atom. The van der Waals surface area contributed by atoms with Gasteiger partial charge in [-0.15, -0.1) is 0 Å². The molecule has 3 rings (SSSR count). The largest absolute Gasteiger partial charge is 0.399 e. The lowest BCUT2D eigenvalue weighted by Gasteiger charge is -2.19. The number of nitrogen functional groups attached to an aromatic ring is 1. The van der Waals surface area contributed by atoms with Gasteiger partial charge in [0.05, 0.1) is 0 Å². The van der Waals surface area contributed by atoms with Crippen molar-refractivity contribution in [3.63, 3.8) is 0 Å². The van der Waals surface area contributed by atoms with Gasteiger partial charge >= 0.3 is 0 Å². The smallest absolute Gasteiger partial charge is 0.0365 e. The van der Waals surface area contributed by atoms with Crippen LogP contribution in [0.15, 0.2) is 42.5 Å². The van der Waals surface area contributed by atoms with Gasteiger partial charge in [-0.2, -0.15) is 0 Å². The summed E-state index contributed by atoms with van der Waals surface area (Å²) in [6.07, 6.45) is 4.94. The molecule has 2 aromatic carbocycles. The van der Waals surface area contributed by atoms with E-state index in [1.165, 1.54) is 30.5 Å². The first-order valence-electron chi connectivity index (χ1n) is 7.40. The van der Waals surface area contributed by atoms with E-state index < -0.39 is 0 Å². The number of benzene rings is 2. The van der Waals surface area contributed by atoms with Gasteiger partial charge in [-0.25, -0.2) is 0 Å². The fraction of sp³-hybridized carbons (Fsp3) is 0.333. The molecule has 0 radical (unpaired) electrons.